The first-order valence-electron chi connectivity index (χ1n) is 7.19. The van der Waals surface area contributed by atoms with Crippen LogP contribution in [0.15, 0.2) is 54.1 Å². The summed E-state index contributed by atoms with van der Waals surface area (Å²) in [5, 5.41) is 13.7. The van der Waals surface area contributed by atoms with E-state index in [4.69, 9.17) is 16.3 Å². The number of amides is 1. The Labute approximate surface area is 143 Å². The molecule has 1 saturated heterocycles. The SMILES string of the molecule is COc1ccc(/C(O)=C2\C(=O)C(=O)N[C@H]2c2ccc(Cl)cc2)cc1. The smallest absolute Gasteiger partial charge is 0.293 e. The molecule has 2 N–H and O–H groups in total. The Morgan fingerprint density at radius 3 is 2.29 bits per heavy atom. The van der Waals surface area contributed by atoms with Gasteiger partial charge in [-0.2, -0.15) is 0 Å². The molecule has 0 spiro atoms. The van der Waals surface area contributed by atoms with E-state index in [1.165, 1.54) is 7.11 Å². The van der Waals surface area contributed by atoms with Gasteiger partial charge < -0.3 is 15.2 Å². The number of carbonyl (C=O) groups is 2. The number of hydrogen-bond donors (Lipinski definition) is 2. The van der Waals surface area contributed by atoms with Gasteiger partial charge in [0, 0.05) is 10.6 Å². The molecule has 122 valence electrons. The summed E-state index contributed by atoms with van der Waals surface area (Å²) in [6.07, 6.45) is 0. The Balaban J connectivity index is 2.07. The van der Waals surface area contributed by atoms with Crippen LogP contribution >= 0.6 is 11.6 Å². The quantitative estimate of drug-likeness (QED) is 0.510. The number of aliphatic hydroxyl groups is 1. The van der Waals surface area contributed by atoms with Gasteiger partial charge in [0.05, 0.1) is 18.7 Å². The Morgan fingerprint density at radius 2 is 1.71 bits per heavy atom. The molecule has 2 aromatic rings. The molecule has 2 aromatic carbocycles. The number of ether oxygens (including phenoxy) is 1. The second kappa shape index (κ2) is 6.37. The third-order valence-electron chi connectivity index (χ3n) is 3.84. The van der Waals surface area contributed by atoms with Crippen LogP contribution in [0.3, 0.4) is 0 Å². The molecule has 24 heavy (non-hydrogen) atoms. The van der Waals surface area contributed by atoms with Gasteiger partial charge in [0.2, 0.25) is 0 Å². The molecule has 1 heterocycles. The number of halogens is 1. The molecular formula is C18H14ClNO4. The summed E-state index contributed by atoms with van der Waals surface area (Å²) >= 11 is 5.87. The van der Waals surface area contributed by atoms with Crippen molar-refractivity contribution in [3.8, 4) is 5.75 Å². The number of nitrogens with one attached hydrogen (secondary N) is 1. The lowest BCUT2D eigenvalue weighted by Crippen LogP contribution is -2.21. The van der Waals surface area contributed by atoms with Crippen molar-refractivity contribution in [3.05, 3.63) is 70.3 Å². The predicted octanol–water partition coefficient (Wildman–Crippen LogP) is 3.06. The van der Waals surface area contributed by atoms with Crippen LogP contribution in [0.1, 0.15) is 17.2 Å². The molecule has 1 amide bonds. The highest BCUT2D eigenvalue weighted by Gasteiger charge is 2.39. The van der Waals surface area contributed by atoms with Crippen molar-refractivity contribution < 1.29 is 19.4 Å². The van der Waals surface area contributed by atoms with E-state index < -0.39 is 17.7 Å². The van der Waals surface area contributed by atoms with Gasteiger partial charge in [-0.1, -0.05) is 23.7 Å². The van der Waals surface area contributed by atoms with Gasteiger partial charge >= 0.3 is 0 Å². The monoisotopic (exact) mass is 343 g/mol. The van der Waals surface area contributed by atoms with E-state index in [0.29, 0.717) is 21.9 Å². The molecule has 1 atom stereocenters. The summed E-state index contributed by atoms with van der Waals surface area (Å²) < 4.78 is 5.07. The maximum atomic E-state index is 12.2. The number of methoxy groups -OCH3 is 1. The molecule has 0 bridgehead atoms. The second-order valence-corrected chi connectivity index (χ2v) is 5.71. The van der Waals surface area contributed by atoms with Gasteiger partial charge in [-0.3, -0.25) is 9.59 Å². The minimum absolute atomic E-state index is 0.0208. The molecule has 0 aliphatic carbocycles. The van der Waals surface area contributed by atoms with Crippen LogP contribution in [0.4, 0.5) is 0 Å². The van der Waals surface area contributed by atoms with E-state index >= 15 is 0 Å². The average Bonchev–Trinajstić information content (AvgIpc) is 2.90. The molecule has 1 fully saturated rings. The molecule has 5 nitrogen and oxygen atoms in total. The lowest BCUT2D eigenvalue weighted by atomic mass is 9.96. The first-order chi connectivity index (χ1) is 11.5. The molecule has 0 saturated carbocycles. The molecular weight excluding hydrogens is 330 g/mol. The normalized spacial score (nSPS) is 19.2. The number of hydrogen-bond acceptors (Lipinski definition) is 4. The van der Waals surface area contributed by atoms with E-state index in [2.05, 4.69) is 5.32 Å². The van der Waals surface area contributed by atoms with Crippen molar-refractivity contribution >= 4 is 29.1 Å². The van der Waals surface area contributed by atoms with Crippen LogP contribution in [0.5, 0.6) is 5.75 Å². The van der Waals surface area contributed by atoms with Crippen LogP contribution in [0.2, 0.25) is 5.02 Å². The number of ketones is 1. The van der Waals surface area contributed by atoms with Crippen LogP contribution in [0.25, 0.3) is 5.76 Å². The van der Waals surface area contributed by atoms with Gasteiger partial charge in [-0.15, -0.1) is 0 Å². The predicted molar refractivity (Wildman–Crippen MR) is 89.9 cm³/mol. The standard InChI is InChI=1S/C18H14ClNO4/c1-24-13-8-4-11(5-9-13)16(21)14-15(20-18(23)17(14)22)10-2-6-12(19)7-3-10/h2-9,15,21H,1H3,(H,20,23)/b16-14+/t15-/m0/s1. The van der Waals surface area contributed by atoms with Gasteiger partial charge in [-0.25, -0.2) is 0 Å². The van der Waals surface area contributed by atoms with E-state index in [9.17, 15) is 14.7 Å². The van der Waals surface area contributed by atoms with Crippen molar-refractivity contribution in [1.29, 1.82) is 0 Å². The largest absolute Gasteiger partial charge is 0.507 e. The molecule has 0 aromatic heterocycles. The van der Waals surface area contributed by atoms with Gasteiger partial charge in [0.1, 0.15) is 11.5 Å². The summed E-state index contributed by atoms with van der Waals surface area (Å²) in [5.74, 6) is -1.10. The highest BCUT2D eigenvalue weighted by atomic mass is 35.5. The van der Waals surface area contributed by atoms with E-state index in [1.54, 1.807) is 48.5 Å². The summed E-state index contributed by atoms with van der Waals surface area (Å²) in [5.41, 5.74) is 1.11. The van der Waals surface area contributed by atoms with Crippen molar-refractivity contribution in [2.24, 2.45) is 0 Å². The highest BCUT2D eigenvalue weighted by Crippen LogP contribution is 2.33. The van der Waals surface area contributed by atoms with Crippen LogP contribution in [-0.4, -0.2) is 23.9 Å². The third-order valence-corrected chi connectivity index (χ3v) is 4.09. The molecule has 0 unspecified atom stereocenters. The first-order valence-corrected chi connectivity index (χ1v) is 7.57. The Morgan fingerprint density at radius 1 is 1.08 bits per heavy atom. The fourth-order valence-electron chi connectivity index (χ4n) is 2.58. The maximum absolute atomic E-state index is 12.2. The highest BCUT2D eigenvalue weighted by molar-refractivity contribution is 6.46. The lowest BCUT2D eigenvalue weighted by Gasteiger charge is -2.14. The zero-order chi connectivity index (χ0) is 17.3. The molecule has 3 rings (SSSR count). The number of aliphatic hydroxyl groups excluding tert-OH is 1. The fraction of sp³-hybridized carbons (Fsp3) is 0.111. The van der Waals surface area contributed by atoms with E-state index in [-0.39, 0.29) is 11.3 Å². The Kier molecular flexibility index (Phi) is 4.27. The van der Waals surface area contributed by atoms with Crippen molar-refractivity contribution in [1.82, 2.24) is 5.32 Å². The minimum atomic E-state index is -0.747. The molecule has 1 aliphatic heterocycles. The molecule has 6 heteroatoms. The van der Waals surface area contributed by atoms with E-state index in [1.807, 2.05) is 0 Å². The zero-order valence-corrected chi connectivity index (χ0v) is 13.5. The summed E-state index contributed by atoms with van der Waals surface area (Å²) in [6, 6.07) is 12.6. The minimum Gasteiger partial charge on any atom is -0.507 e. The Bertz CT molecular complexity index is 825. The fourth-order valence-corrected chi connectivity index (χ4v) is 2.70. The topological polar surface area (TPSA) is 75.6 Å². The first kappa shape index (κ1) is 16.1. The van der Waals surface area contributed by atoms with Gasteiger partial charge in [0.25, 0.3) is 11.7 Å². The van der Waals surface area contributed by atoms with Crippen LogP contribution < -0.4 is 10.1 Å². The number of carbonyl (C=O) groups excluding carboxylic acids is 2. The summed E-state index contributed by atoms with van der Waals surface area (Å²) in [7, 11) is 1.53. The van der Waals surface area contributed by atoms with E-state index in [0.717, 1.165) is 0 Å². The summed E-state index contributed by atoms with van der Waals surface area (Å²) in [6.45, 7) is 0. The zero-order valence-electron chi connectivity index (χ0n) is 12.7. The lowest BCUT2D eigenvalue weighted by molar-refractivity contribution is -0.133. The second-order valence-electron chi connectivity index (χ2n) is 5.28. The average molecular weight is 344 g/mol. The number of Topliss-reactive ketones (excluding diaryl/α,β-unsaturated/α-hetero) is 1. The van der Waals surface area contributed by atoms with Crippen LogP contribution in [0, 0.1) is 0 Å². The number of benzene rings is 2. The third kappa shape index (κ3) is 2.86. The molecule has 1 aliphatic rings. The Hall–Kier alpha value is -2.79. The van der Waals surface area contributed by atoms with Gasteiger partial charge in [0.15, 0.2) is 0 Å². The van der Waals surface area contributed by atoms with Crippen molar-refractivity contribution in [2.45, 2.75) is 6.04 Å². The van der Waals surface area contributed by atoms with Crippen LogP contribution in [-0.2, 0) is 9.59 Å². The van der Waals surface area contributed by atoms with Gasteiger partial charge in [-0.05, 0) is 42.0 Å². The maximum Gasteiger partial charge on any atom is 0.293 e. The van der Waals surface area contributed by atoms with Crippen molar-refractivity contribution in [2.75, 3.05) is 7.11 Å². The number of rotatable bonds is 3. The molecule has 0 radical (unpaired) electrons. The van der Waals surface area contributed by atoms with Crippen molar-refractivity contribution in [3.63, 3.8) is 0 Å². The summed E-state index contributed by atoms with van der Waals surface area (Å²) in [4.78, 5) is 24.0.